The van der Waals surface area contributed by atoms with E-state index in [9.17, 15) is 9.18 Å². The van der Waals surface area contributed by atoms with E-state index in [-0.39, 0.29) is 42.6 Å². The summed E-state index contributed by atoms with van der Waals surface area (Å²) in [5, 5.41) is 6.50. The Balaban J connectivity index is 0.00000144. The minimum atomic E-state index is -0.212. The largest absolute Gasteiger partial charge is 0.369 e. The van der Waals surface area contributed by atoms with Crippen molar-refractivity contribution < 1.29 is 9.18 Å². The molecule has 0 bridgehead atoms. The zero-order chi connectivity index (χ0) is 15.4. The highest BCUT2D eigenvalue weighted by Gasteiger charge is 2.24. The number of rotatable bonds is 4. The molecule has 1 aromatic rings. The number of nitrogens with zero attached hydrogens (tertiary/aromatic N) is 1. The average Bonchev–Trinajstić information content (AvgIpc) is 3.00. The molecule has 2 saturated heterocycles. The van der Waals surface area contributed by atoms with E-state index in [1.54, 1.807) is 12.1 Å². The number of amides is 1. The Bertz CT molecular complexity index is 526. The lowest BCUT2D eigenvalue weighted by Crippen LogP contribution is -2.48. The Morgan fingerprint density at radius 1 is 1.29 bits per heavy atom. The molecule has 4 nitrogen and oxygen atoms in total. The Kier molecular flexibility index (Phi) is 8.81. The van der Waals surface area contributed by atoms with Crippen LogP contribution in [0.4, 0.5) is 10.1 Å². The van der Waals surface area contributed by atoms with Crippen LogP contribution in [-0.4, -0.2) is 37.6 Å². The summed E-state index contributed by atoms with van der Waals surface area (Å²) in [6.07, 6.45) is 4.83. The van der Waals surface area contributed by atoms with E-state index < -0.39 is 0 Å². The number of nitrogens with one attached hydrogen (secondary N) is 2. The monoisotopic (exact) mass is 377 g/mol. The SMILES string of the molecule is Cl.Cl.O=C(CC1CCCN1)NC1CCCN(c2cccc(F)c2)C1. The molecule has 3 rings (SSSR count). The molecule has 0 aliphatic carbocycles. The molecule has 0 saturated carbocycles. The summed E-state index contributed by atoms with van der Waals surface area (Å²) in [4.78, 5) is 14.3. The lowest BCUT2D eigenvalue weighted by atomic mass is 10.0. The van der Waals surface area contributed by atoms with Gasteiger partial charge in [-0.2, -0.15) is 0 Å². The van der Waals surface area contributed by atoms with E-state index in [0.29, 0.717) is 12.5 Å². The lowest BCUT2D eigenvalue weighted by molar-refractivity contribution is -0.122. The van der Waals surface area contributed by atoms with Crippen LogP contribution in [0.25, 0.3) is 0 Å². The predicted molar refractivity (Wildman–Crippen MR) is 99.9 cm³/mol. The quantitative estimate of drug-likeness (QED) is 0.847. The summed E-state index contributed by atoms with van der Waals surface area (Å²) in [5.41, 5.74) is 0.899. The number of anilines is 1. The maximum atomic E-state index is 13.4. The summed E-state index contributed by atoms with van der Waals surface area (Å²) in [5.74, 6) is -0.0820. The topological polar surface area (TPSA) is 44.4 Å². The fraction of sp³-hybridized carbons (Fsp3) is 0.588. The van der Waals surface area contributed by atoms with Gasteiger partial charge in [-0.05, 0) is 50.4 Å². The van der Waals surface area contributed by atoms with E-state index in [2.05, 4.69) is 15.5 Å². The first-order valence-corrected chi connectivity index (χ1v) is 8.24. The molecular weight excluding hydrogens is 352 g/mol. The fourth-order valence-electron chi connectivity index (χ4n) is 3.44. The molecule has 0 spiro atoms. The molecule has 0 radical (unpaired) electrons. The maximum absolute atomic E-state index is 13.4. The molecule has 0 aromatic heterocycles. The molecule has 2 aliphatic rings. The molecule has 136 valence electrons. The molecule has 2 heterocycles. The van der Waals surface area contributed by atoms with Crippen molar-refractivity contribution >= 4 is 36.4 Å². The standard InChI is InChI=1S/C17H24FN3O.2ClH/c18-13-4-1-7-16(10-13)21-9-3-6-15(12-21)20-17(22)11-14-5-2-8-19-14;;/h1,4,7,10,14-15,19H,2-3,5-6,8-9,11-12H2,(H,20,22);2*1H. The van der Waals surface area contributed by atoms with Gasteiger partial charge in [0.25, 0.3) is 0 Å². The van der Waals surface area contributed by atoms with E-state index in [0.717, 1.165) is 51.0 Å². The normalized spacial score (nSPS) is 23.1. The number of piperidine rings is 1. The van der Waals surface area contributed by atoms with E-state index in [1.165, 1.54) is 6.07 Å². The second-order valence-electron chi connectivity index (χ2n) is 6.33. The van der Waals surface area contributed by atoms with E-state index in [4.69, 9.17) is 0 Å². The van der Waals surface area contributed by atoms with Crippen LogP contribution in [-0.2, 0) is 4.79 Å². The first-order chi connectivity index (χ1) is 10.7. The van der Waals surface area contributed by atoms with Crippen LogP contribution in [0.15, 0.2) is 24.3 Å². The highest BCUT2D eigenvalue weighted by molar-refractivity contribution is 5.85. The zero-order valence-corrected chi connectivity index (χ0v) is 15.3. The Morgan fingerprint density at radius 3 is 2.83 bits per heavy atom. The van der Waals surface area contributed by atoms with Crippen LogP contribution >= 0.6 is 24.8 Å². The van der Waals surface area contributed by atoms with Crippen molar-refractivity contribution in [3.05, 3.63) is 30.1 Å². The minimum absolute atomic E-state index is 0. The van der Waals surface area contributed by atoms with Gasteiger partial charge in [-0.25, -0.2) is 4.39 Å². The third-order valence-corrected chi connectivity index (χ3v) is 4.55. The number of carbonyl (C=O) groups is 1. The highest BCUT2D eigenvalue weighted by atomic mass is 35.5. The second kappa shape index (κ2) is 10.1. The van der Waals surface area contributed by atoms with Gasteiger partial charge in [-0.15, -0.1) is 24.8 Å². The van der Waals surface area contributed by atoms with Crippen LogP contribution in [0.3, 0.4) is 0 Å². The summed E-state index contributed by atoms with van der Waals surface area (Å²) in [6.45, 7) is 2.70. The zero-order valence-electron chi connectivity index (χ0n) is 13.7. The molecule has 2 fully saturated rings. The van der Waals surface area contributed by atoms with Crippen molar-refractivity contribution in [3.63, 3.8) is 0 Å². The van der Waals surface area contributed by atoms with Crippen LogP contribution in [0.2, 0.25) is 0 Å². The molecule has 24 heavy (non-hydrogen) atoms. The first kappa shape index (κ1) is 21.0. The van der Waals surface area contributed by atoms with Gasteiger partial charge < -0.3 is 15.5 Å². The summed E-state index contributed by atoms with van der Waals surface area (Å²) >= 11 is 0. The van der Waals surface area contributed by atoms with Gasteiger partial charge in [0.05, 0.1) is 0 Å². The molecule has 2 N–H and O–H groups in total. The molecule has 2 aliphatic heterocycles. The van der Waals surface area contributed by atoms with Gasteiger partial charge in [-0.1, -0.05) is 6.07 Å². The van der Waals surface area contributed by atoms with Gasteiger partial charge in [-0.3, -0.25) is 4.79 Å². The third-order valence-electron chi connectivity index (χ3n) is 4.55. The molecule has 2 unspecified atom stereocenters. The van der Waals surface area contributed by atoms with Crippen molar-refractivity contribution in [2.75, 3.05) is 24.5 Å². The van der Waals surface area contributed by atoms with Gasteiger partial charge in [0.2, 0.25) is 5.91 Å². The van der Waals surface area contributed by atoms with Gasteiger partial charge in [0, 0.05) is 37.3 Å². The van der Waals surface area contributed by atoms with Crippen molar-refractivity contribution in [2.45, 2.75) is 44.2 Å². The number of hydrogen-bond acceptors (Lipinski definition) is 3. The number of benzene rings is 1. The fourth-order valence-corrected chi connectivity index (χ4v) is 3.44. The Hall–Kier alpha value is -1.04. The summed E-state index contributed by atoms with van der Waals surface area (Å²) < 4.78 is 13.4. The molecular formula is C17H26Cl2FN3O. The number of hydrogen-bond donors (Lipinski definition) is 2. The van der Waals surface area contributed by atoms with E-state index in [1.807, 2.05) is 6.07 Å². The van der Waals surface area contributed by atoms with Crippen LogP contribution < -0.4 is 15.5 Å². The van der Waals surface area contributed by atoms with Crippen LogP contribution in [0.5, 0.6) is 0 Å². The first-order valence-electron chi connectivity index (χ1n) is 8.24. The van der Waals surface area contributed by atoms with Crippen molar-refractivity contribution in [1.82, 2.24) is 10.6 Å². The molecule has 2 atom stereocenters. The molecule has 7 heteroatoms. The Morgan fingerprint density at radius 2 is 2.12 bits per heavy atom. The van der Waals surface area contributed by atoms with Gasteiger partial charge in [0.15, 0.2) is 0 Å². The summed E-state index contributed by atoms with van der Waals surface area (Å²) in [7, 11) is 0. The highest BCUT2D eigenvalue weighted by Crippen LogP contribution is 2.21. The van der Waals surface area contributed by atoms with Crippen LogP contribution in [0.1, 0.15) is 32.1 Å². The third kappa shape index (κ3) is 5.80. The predicted octanol–water partition coefficient (Wildman–Crippen LogP) is 2.90. The minimum Gasteiger partial charge on any atom is -0.369 e. The van der Waals surface area contributed by atoms with Crippen LogP contribution in [0, 0.1) is 5.82 Å². The van der Waals surface area contributed by atoms with Crippen molar-refractivity contribution in [3.8, 4) is 0 Å². The van der Waals surface area contributed by atoms with Crippen molar-refractivity contribution in [1.29, 1.82) is 0 Å². The Labute approximate surface area is 155 Å². The van der Waals surface area contributed by atoms with E-state index >= 15 is 0 Å². The van der Waals surface area contributed by atoms with Gasteiger partial charge >= 0.3 is 0 Å². The lowest BCUT2D eigenvalue weighted by Gasteiger charge is -2.35. The average molecular weight is 378 g/mol. The van der Waals surface area contributed by atoms with Crippen molar-refractivity contribution in [2.24, 2.45) is 0 Å². The maximum Gasteiger partial charge on any atom is 0.221 e. The number of halogens is 3. The summed E-state index contributed by atoms with van der Waals surface area (Å²) in [6, 6.07) is 7.18. The van der Waals surface area contributed by atoms with Gasteiger partial charge in [0.1, 0.15) is 5.82 Å². The smallest absolute Gasteiger partial charge is 0.221 e. The molecule has 1 amide bonds. The molecule has 1 aromatic carbocycles. The second-order valence-corrected chi connectivity index (χ2v) is 6.33. The number of carbonyl (C=O) groups excluding carboxylic acids is 1.